The van der Waals surface area contributed by atoms with Crippen molar-refractivity contribution in [3.05, 3.63) is 11.8 Å². The minimum atomic E-state index is -0.0394. The molecular weight excluding hydrogens is 152 g/mol. The standard InChI is InChI=1S/C10H14O2/c1-6-4-7-5-8(9(11)12-6)10(7,2)3/h4,7-8H,5H2,1-3H3/t7-,8+/m1/s1. The third-order valence-corrected chi connectivity index (χ3v) is 3.33. The Morgan fingerprint density at radius 1 is 1.58 bits per heavy atom. The molecule has 12 heavy (non-hydrogen) atoms. The average molecular weight is 166 g/mol. The Labute approximate surface area is 72.6 Å². The molecule has 3 rings (SSSR count). The average Bonchev–Trinajstić information content (AvgIpc) is 2.14. The molecule has 2 aliphatic heterocycles. The molecule has 2 heterocycles. The number of fused-ring (bicyclic) bond motifs is 2. The van der Waals surface area contributed by atoms with Crippen molar-refractivity contribution in [2.75, 3.05) is 0 Å². The fraction of sp³-hybridized carbons (Fsp3) is 0.700. The van der Waals surface area contributed by atoms with Crippen molar-refractivity contribution in [3.8, 4) is 0 Å². The van der Waals surface area contributed by atoms with E-state index in [-0.39, 0.29) is 17.3 Å². The van der Waals surface area contributed by atoms with E-state index in [1.807, 2.05) is 6.92 Å². The van der Waals surface area contributed by atoms with Gasteiger partial charge in [-0.3, -0.25) is 4.79 Å². The third kappa shape index (κ3) is 0.838. The van der Waals surface area contributed by atoms with E-state index < -0.39 is 0 Å². The van der Waals surface area contributed by atoms with E-state index >= 15 is 0 Å². The summed E-state index contributed by atoms with van der Waals surface area (Å²) in [5.74, 6) is 1.39. The van der Waals surface area contributed by atoms with Gasteiger partial charge in [-0.25, -0.2) is 0 Å². The van der Waals surface area contributed by atoms with Gasteiger partial charge in [0, 0.05) is 0 Å². The molecule has 66 valence electrons. The quantitative estimate of drug-likeness (QED) is 0.515. The van der Waals surface area contributed by atoms with Crippen molar-refractivity contribution >= 4 is 5.97 Å². The normalized spacial score (nSPS) is 37.6. The maximum Gasteiger partial charge on any atom is 0.314 e. The molecule has 2 nitrogen and oxygen atoms in total. The monoisotopic (exact) mass is 166 g/mol. The van der Waals surface area contributed by atoms with Gasteiger partial charge in [0.05, 0.1) is 5.92 Å². The number of hydrogen-bond donors (Lipinski definition) is 0. The van der Waals surface area contributed by atoms with Gasteiger partial charge in [-0.1, -0.05) is 13.8 Å². The summed E-state index contributed by atoms with van der Waals surface area (Å²) >= 11 is 0. The maximum absolute atomic E-state index is 11.4. The SMILES string of the molecule is CC1=C[C@@H]2C[C@@H](C(=O)O1)C2(C)C. The Bertz CT molecular complexity index is 263. The lowest BCUT2D eigenvalue weighted by molar-refractivity contribution is -0.155. The van der Waals surface area contributed by atoms with Crippen molar-refractivity contribution in [3.63, 3.8) is 0 Å². The Morgan fingerprint density at radius 2 is 2.25 bits per heavy atom. The summed E-state index contributed by atoms with van der Waals surface area (Å²) in [6, 6.07) is 0. The van der Waals surface area contributed by atoms with Gasteiger partial charge in [-0.05, 0) is 30.8 Å². The highest BCUT2D eigenvalue weighted by molar-refractivity contribution is 5.76. The van der Waals surface area contributed by atoms with Gasteiger partial charge in [0.1, 0.15) is 5.76 Å². The molecule has 0 amide bonds. The van der Waals surface area contributed by atoms with Crippen molar-refractivity contribution in [1.29, 1.82) is 0 Å². The van der Waals surface area contributed by atoms with E-state index in [0.717, 1.165) is 12.2 Å². The highest BCUT2D eigenvalue weighted by Crippen LogP contribution is 2.54. The Morgan fingerprint density at radius 3 is 2.83 bits per heavy atom. The molecule has 0 N–H and O–H groups in total. The van der Waals surface area contributed by atoms with E-state index in [9.17, 15) is 4.79 Å². The number of ether oxygens (including phenoxy) is 1. The summed E-state index contributed by atoms with van der Waals surface area (Å²) in [4.78, 5) is 11.4. The zero-order valence-electron chi connectivity index (χ0n) is 7.76. The maximum atomic E-state index is 11.4. The first-order chi connectivity index (χ1) is 5.51. The van der Waals surface area contributed by atoms with Crippen LogP contribution in [0.4, 0.5) is 0 Å². The predicted molar refractivity (Wildman–Crippen MR) is 45.2 cm³/mol. The minimum Gasteiger partial charge on any atom is -0.431 e. The molecule has 2 atom stereocenters. The number of hydrogen-bond acceptors (Lipinski definition) is 2. The van der Waals surface area contributed by atoms with Crippen LogP contribution < -0.4 is 0 Å². The van der Waals surface area contributed by atoms with E-state index in [2.05, 4.69) is 19.9 Å². The van der Waals surface area contributed by atoms with E-state index in [4.69, 9.17) is 4.74 Å². The van der Waals surface area contributed by atoms with Crippen LogP contribution in [0.1, 0.15) is 27.2 Å². The highest BCUT2D eigenvalue weighted by Gasteiger charge is 2.53. The fourth-order valence-corrected chi connectivity index (χ4v) is 2.19. The number of esters is 1. The molecule has 0 saturated heterocycles. The van der Waals surface area contributed by atoms with E-state index in [1.54, 1.807) is 0 Å². The largest absolute Gasteiger partial charge is 0.431 e. The van der Waals surface area contributed by atoms with Crippen LogP contribution in [0, 0.1) is 17.3 Å². The van der Waals surface area contributed by atoms with Gasteiger partial charge in [0.25, 0.3) is 0 Å². The number of carbonyl (C=O) groups is 1. The molecule has 0 spiro atoms. The molecular formula is C10H14O2. The number of allylic oxidation sites excluding steroid dienone is 2. The summed E-state index contributed by atoms with van der Waals surface area (Å²) in [5, 5.41) is 0. The van der Waals surface area contributed by atoms with Crippen LogP contribution in [0.2, 0.25) is 0 Å². The van der Waals surface area contributed by atoms with Crippen molar-refractivity contribution < 1.29 is 9.53 Å². The molecule has 0 aromatic heterocycles. The Kier molecular flexibility index (Phi) is 1.39. The summed E-state index contributed by atoms with van der Waals surface area (Å²) < 4.78 is 5.12. The lowest BCUT2D eigenvalue weighted by atomic mass is 9.55. The van der Waals surface area contributed by atoms with Crippen molar-refractivity contribution in [1.82, 2.24) is 0 Å². The first kappa shape index (κ1) is 7.84. The molecule has 2 heteroatoms. The molecule has 0 aromatic rings. The molecule has 0 unspecified atom stereocenters. The van der Waals surface area contributed by atoms with Gasteiger partial charge < -0.3 is 4.74 Å². The molecule has 2 bridgehead atoms. The smallest absolute Gasteiger partial charge is 0.314 e. The third-order valence-electron chi connectivity index (χ3n) is 3.33. The van der Waals surface area contributed by atoms with Crippen LogP contribution in [-0.2, 0) is 9.53 Å². The van der Waals surface area contributed by atoms with Crippen molar-refractivity contribution in [2.45, 2.75) is 27.2 Å². The minimum absolute atomic E-state index is 0.0394. The molecule has 3 aliphatic rings. The number of rotatable bonds is 0. The molecule has 1 fully saturated rings. The Hall–Kier alpha value is -0.790. The lowest BCUT2D eigenvalue weighted by Crippen LogP contribution is -2.46. The van der Waals surface area contributed by atoms with E-state index in [1.165, 1.54) is 0 Å². The van der Waals surface area contributed by atoms with Gasteiger partial charge in [0.15, 0.2) is 0 Å². The number of carbonyl (C=O) groups excluding carboxylic acids is 1. The summed E-state index contributed by atoms with van der Waals surface area (Å²) in [6.45, 7) is 6.14. The first-order valence-corrected chi connectivity index (χ1v) is 4.42. The lowest BCUT2D eigenvalue weighted by Gasteiger charge is -2.47. The predicted octanol–water partition coefficient (Wildman–Crippen LogP) is 2.11. The molecule has 1 saturated carbocycles. The van der Waals surface area contributed by atoms with Crippen LogP contribution in [0.25, 0.3) is 0 Å². The van der Waals surface area contributed by atoms with E-state index in [0.29, 0.717) is 5.92 Å². The molecule has 0 aromatic carbocycles. The topological polar surface area (TPSA) is 26.3 Å². The van der Waals surface area contributed by atoms with Gasteiger partial charge in [-0.2, -0.15) is 0 Å². The zero-order chi connectivity index (χ0) is 8.93. The second kappa shape index (κ2) is 2.12. The van der Waals surface area contributed by atoms with Crippen molar-refractivity contribution in [2.24, 2.45) is 17.3 Å². The van der Waals surface area contributed by atoms with Gasteiger partial charge in [-0.15, -0.1) is 0 Å². The van der Waals surface area contributed by atoms with Crippen LogP contribution in [-0.4, -0.2) is 5.97 Å². The second-order valence-electron chi connectivity index (χ2n) is 4.41. The highest BCUT2D eigenvalue weighted by atomic mass is 16.5. The van der Waals surface area contributed by atoms with Gasteiger partial charge in [0.2, 0.25) is 0 Å². The van der Waals surface area contributed by atoms with Crippen LogP contribution in [0.15, 0.2) is 11.8 Å². The van der Waals surface area contributed by atoms with Crippen LogP contribution >= 0.6 is 0 Å². The fourth-order valence-electron chi connectivity index (χ4n) is 2.19. The van der Waals surface area contributed by atoms with Crippen LogP contribution in [0.3, 0.4) is 0 Å². The second-order valence-corrected chi connectivity index (χ2v) is 4.41. The van der Waals surface area contributed by atoms with Gasteiger partial charge >= 0.3 is 5.97 Å². The summed E-state index contributed by atoms with van der Waals surface area (Å²) in [7, 11) is 0. The molecule has 0 radical (unpaired) electrons. The first-order valence-electron chi connectivity index (χ1n) is 4.42. The summed E-state index contributed by atoms with van der Waals surface area (Å²) in [5.41, 5.74) is 0.120. The van der Waals surface area contributed by atoms with Crippen LogP contribution in [0.5, 0.6) is 0 Å². The summed E-state index contributed by atoms with van der Waals surface area (Å²) in [6.07, 6.45) is 3.06. The zero-order valence-corrected chi connectivity index (χ0v) is 7.76. The Balaban J connectivity index is 2.34. The molecule has 1 aliphatic carbocycles.